The maximum atomic E-state index is 5.62. The van der Waals surface area contributed by atoms with Crippen molar-refractivity contribution in [2.24, 2.45) is 5.84 Å². The summed E-state index contributed by atoms with van der Waals surface area (Å²) in [6.07, 6.45) is 4.72. The van der Waals surface area contributed by atoms with Crippen LogP contribution in [0.1, 0.15) is 39.4 Å². The van der Waals surface area contributed by atoms with Gasteiger partial charge in [-0.1, -0.05) is 20.8 Å². The standard InChI is InChI=1S/C12H25N5S/c1-4-6-17-12(14-9-15-17)7-11(16-13)8-18-10(3)5-2/h9-11,16H,4-8,13H2,1-3H3. The second-order valence-electron chi connectivity index (χ2n) is 4.52. The van der Waals surface area contributed by atoms with E-state index >= 15 is 0 Å². The first-order chi connectivity index (χ1) is 8.71. The van der Waals surface area contributed by atoms with Crippen molar-refractivity contribution in [3.8, 4) is 0 Å². The molecule has 0 saturated carbocycles. The highest BCUT2D eigenvalue weighted by molar-refractivity contribution is 7.99. The van der Waals surface area contributed by atoms with E-state index in [9.17, 15) is 0 Å². The Morgan fingerprint density at radius 2 is 2.28 bits per heavy atom. The molecule has 0 aliphatic carbocycles. The molecule has 2 atom stereocenters. The topological polar surface area (TPSA) is 68.8 Å². The molecule has 0 aromatic carbocycles. The zero-order valence-corrected chi connectivity index (χ0v) is 12.4. The number of nitrogens with two attached hydrogens (primary N) is 1. The zero-order chi connectivity index (χ0) is 13.4. The van der Waals surface area contributed by atoms with Crippen LogP contribution in [0.2, 0.25) is 0 Å². The Balaban J connectivity index is 2.48. The molecule has 1 aromatic heterocycles. The summed E-state index contributed by atoms with van der Waals surface area (Å²) >= 11 is 1.95. The van der Waals surface area contributed by atoms with Crippen LogP contribution >= 0.6 is 11.8 Å². The van der Waals surface area contributed by atoms with Gasteiger partial charge in [0.1, 0.15) is 12.2 Å². The van der Waals surface area contributed by atoms with Crippen molar-refractivity contribution >= 4 is 11.8 Å². The molecule has 0 amide bonds. The molecule has 0 spiro atoms. The minimum atomic E-state index is 0.254. The summed E-state index contributed by atoms with van der Waals surface area (Å²) in [6, 6.07) is 0.254. The fraction of sp³-hybridized carbons (Fsp3) is 0.833. The van der Waals surface area contributed by atoms with E-state index in [1.54, 1.807) is 6.33 Å². The SMILES string of the molecule is CCCn1ncnc1CC(CSC(C)CC)NN. The van der Waals surface area contributed by atoms with E-state index in [0.717, 1.165) is 31.0 Å². The predicted octanol–water partition coefficient (Wildman–Crippen LogP) is 1.59. The number of hydrogen-bond acceptors (Lipinski definition) is 5. The number of rotatable bonds is 9. The van der Waals surface area contributed by atoms with Gasteiger partial charge in [-0.15, -0.1) is 0 Å². The lowest BCUT2D eigenvalue weighted by Crippen LogP contribution is -2.39. The minimum Gasteiger partial charge on any atom is -0.271 e. The van der Waals surface area contributed by atoms with E-state index in [2.05, 4.69) is 36.3 Å². The average molecular weight is 271 g/mol. The Morgan fingerprint density at radius 3 is 2.89 bits per heavy atom. The summed E-state index contributed by atoms with van der Waals surface area (Å²) < 4.78 is 1.97. The second-order valence-corrected chi connectivity index (χ2v) is 5.99. The van der Waals surface area contributed by atoms with E-state index < -0.39 is 0 Å². The van der Waals surface area contributed by atoms with E-state index in [-0.39, 0.29) is 6.04 Å². The van der Waals surface area contributed by atoms with Gasteiger partial charge in [0, 0.05) is 30.0 Å². The lowest BCUT2D eigenvalue weighted by Gasteiger charge is -2.17. The Morgan fingerprint density at radius 1 is 1.50 bits per heavy atom. The monoisotopic (exact) mass is 271 g/mol. The molecule has 1 aromatic rings. The Kier molecular flexibility index (Phi) is 7.31. The Bertz CT molecular complexity index is 328. The van der Waals surface area contributed by atoms with Gasteiger partial charge >= 0.3 is 0 Å². The van der Waals surface area contributed by atoms with Crippen molar-refractivity contribution < 1.29 is 0 Å². The van der Waals surface area contributed by atoms with Gasteiger partial charge in [-0.2, -0.15) is 16.9 Å². The molecule has 6 heteroatoms. The highest BCUT2D eigenvalue weighted by Gasteiger charge is 2.13. The second kappa shape index (κ2) is 8.50. The summed E-state index contributed by atoms with van der Waals surface area (Å²) in [5.74, 6) is 7.64. The Labute approximate surface area is 114 Å². The predicted molar refractivity (Wildman–Crippen MR) is 77.3 cm³/mol. The molecule has 3 N–H and O–H groups in total. The molecular formula is C12H25N5S. The van der Waals surface area contributed by atoms with Gasteiger partial charge < -0.3 is 0 Å². The molecule has 5 nitrogen and oxygen atoms in total. The molecule has 2 unspecified atom stereocenters. The highest BCUT2D eigenvalue weighted by atomic mass is 32.2. The van der Waals surface area contributed by atoms with Crippen molar-refractivity contribution in [1.29, 1.82) is 0 Å². The number of aryl methyl sites for hydroxylation is 1. The largest absolute Gasteiger partial charge is 0.271 e. The summed E-state index contributed by atoms with van der Waals surface area (Å²) in [5, 5.41) is 4.91. The van der Waals surface area contributed by atoms with Gasteiger partial charge in [-0.05, 0) is 12.8 Å². The van der Waals surface area contributed by atoms with E-state index in [1.807, 2.05) is 16.4 Å². The molecule has 18 heavy (non-hydrogen) atoms. The molecular weight excluding hydrogens is 246 g/mol. The molecule has 0 bridgehead atoms. The summed E-state index contributed by atoms with van der Waals surface area (Å²) in [6.45, 7) is 7.52. The van der Waals surface area contributed by atoms with Gasteiger partial charge in [0.05, 0.1) is 0 Å². The van der Waals surface area contributed by atoms with Crippen molar-refractivity contribution in [2.45, 2.75) is 57.9 Å². The van der Waals surface area contributed by atoms with Crippen molar-refractivity contribution in [2.75, 3.05) is 5.75 Å². The first-order valence-electron chi connectivity index (χ1n) is 6.65. The Hall–Kier alpha value is -0.590. The fourth-order valence-electron chi connectivity index (χ4n) is 1.63. The van der Waals surface area contributed by atoms with Gasteiger partial charge in [0.15, 0.2) is 0 Å². The zero-order valence-electron chi connectivity index (χ0n) is 11.6. The lowest BCUT2D eigenvalue weighted by molar-refractivity contribution is 0.513. The highest BCUT2D eigenvalue weighted by Crippen LogP contribution is 2.15. The lowest BCUT2D eigenvalue weighted by atomic mass is 10.2. The van der Waals surface area contributed by atoms with Crippen LogP contribution < -0.4 is 11.3 Å². The summed E-state index contributed by atoms with van der Waals surface area (Å²) in [5.41, 5.74) is 2.89. The molecule has 0 aliphatic heterocycles. The van der Waals surface area contributed by atoms with Crippen LogP contribution in [-0.4, -0.2) is 31.8 Å². The smallest absolute Gasteiger partial charge is 0.138 e. The van der Waals surface area contributed by atoms with Gasteiger partial charge in [-0.25, -0.2) is 4.98 Å². The molecule has 1 heterocycles. The van der Waals surface area contributed by atoms with Crippen molar-refractivity contribution in [3.63, 3.8) is 0 Å². The number of hydrogen-bond donors (Lipinski definition) is 2. The molecule has 0 fully saturated rings. The van der Waals surface area contributed by atoms with Gasteiger partial charge in [-0.3, -0.25) is 16.0 Å². The maximum absolute atomic E-state index is 5.62. The molecule has 0 saturated heterocycles. The average Bonchev–Trinajstić information content (AvgIpc) is 2.81. The molecule has 1 rings (SSSR count). The van der Waals surface area contributed by atoms with E-state index in [1.165, 1.54) is 6.42 Å². The minimum absolute atomic E-state index is 0.254. The van der Waals surface area contributed by atoms with Gasteiger partial charge in [0.25, 0.3) is 0 Å². The van der Waals surface area contributed by atoms with Crippen LogP contribution in [0.25, 0.3) is 0 Å². The number of aromatic nitrogens is 3. The summed E-state index contributed by atoms with van der Waals surface area (Å²) in [7, 11) is 0. The fourth-order valence-corrected chi connectivity index (χ4v) is 2.64. The molecule has 0 aliphatic rings. The van der Waals surface area contributed by atoms with Crippen LogP contribution in [-0.2, 0) is 13.0 Å². The third-order valence-electron chi connectivity index (χ3n) is 2.95. The number of nitrogens with zero attached hydrogens (tertiary/aromatic N) is 3. The maximum Gasteiger partial charge on any atom is 0.138 e. The quantitative estimate of drug-likeness (QED) is 0.527. The third-order valence-corrected chi connectivity index (χ3v) is 4.45. The van der Waals surface area contributed by atoms with Crippen LogP contribution in [0.15, 0.2) is 6.33 Å². The molecule has 0 radical (unpaired) electrons. The number of thioether (sulfide) groups is 1. The molecule has 104 valence electrons. The van der Waals surface area contributed by atoms with Crippen LogP contribution in [0.3, 0.4) is 0 Å². The normalized spacial score (nSPS) is 14.7. The summed E-state index contributed by atoms with van der Waals surface area (Å²) in [4.78, 5) is 4.32. The van der Waals surface area contributed by atoms with Crippen LogP contribution in [0.5, 0.6) is 0 Å². The van der Waals surface area contributed by atoms with E-state index in [0.29, 0.717) is 5.25 Å². The number of nitrogens with one attached hydrogen (secondary N) is 1. The first-order valence-corrected chi connectivity index (χ1v) is 7.70. The van der Waals surface area contributed by atoms with Crippen LogP contribution in [0, 0.1) is 0 Å². The van der Waals surface area contributed by atoms with Crippen molar-refractivity contribution in [3.05, 3.63) is 12.2 Å². The van der Waals surface area contributed by atoms with E-state index in [4.69, 9.17) is 5.84 Å². The third kappa shape index (κ3) is 4.96. The number of hydrazine groups is 1. The van der Waals surface area contributed by atoms with Crippen molar-refractivity contribution in [1.82, 2.24) is 20.2 Å². The van der Waals surface area contributed by atoms with Crippen LogP contribution in [0.4, 0.5) is 0 Å². The van der Waals surface area contributed by atoms with Gasteiger partial charge in [0.2, 0.25) is 0 Å². The first kappa shape index (κ1) is 15.5.